The number of hydrogen-bond acceptors (Lipinski definition) is 3. The third-order valence-corrected chi connectivity index (χ3v) is 5.42. The van der Waals surface area contributed by atoms with Crippen molar-refractivity contribution >= 4 is 17.5 Å². The Morgan fingerprint density at radius 2 is 1.86 bits per heavy atom. The predicted octanol–water partition coefficient (Wildman–Crippen LogP) is 4.50. The largest absolute Gasteiger partial charge is 0.375 e. The number of halogens is 1. The van der Waals surface area contributed by atoms with Crippen LogP contribution in [0, 0.1) is 0 Å². The predicted molar refractivity (Wildman–Crippen MR) is 114 cm³/mol. The highest BCUT2D eigenvalue weighted by atomic mass is 35.5. The molecular weight excluding hydrogens is 386 g/mol. The van der Waals surface area contributed by atoms with Crippen molar-refractivity contribution in [3.63, 3.8) is 0 Å². The lowest BCUT2D eigenvalue weighted by Crippen LogP contribution is -2.50. The maximum absolute atomic E-state index is 13.5. The molecule has 1 saturated heterocycles. The van der Waals surface area contributed by atoms with Gasteiger partial charge in [0.15, 0.2) is 0 Å². The summed E-state index contributed by atoms with van der Waals surface area (Å²) in [4.78, 5) is 15.4. The summed E-state index contributed by atoms with van der Waals surface area (Å²) in [7, 11) is 0. The Labute approximate surface area is 175 Å². The Balaban J connectivity index is 1.72. The molecule has 1 aliphatic rings. The standard InChI is InChI=1S/C23H24ClN3O2/c1-16-15-29-17(2)12-27(16)23(28)21-14-26(13-18-6-4-3-5-7-18)25-22(21)19-8-10-20(24)11-9-19/h3-11,14,16-17H,12-13,15H2,1-2H3. The van der Waals surface area contributed by atoms with E-state index in [1.54, 1.807) is 0 Å². The number of benzene rings is 2. The number of nitrogens with zero attached hydrogens (tertiary/aromatic N) is 3. The van der Waals surface area contributed by atoms with Crippen LogP contribution in [0.5, 0.6) is 0 Å². The number of hydrogen-bond donors (Lipinski definition) is 0. The second-order valence-corrected chi connectivity index (χ2v) is 7.97. The molecule has 2 unspecified atom stereocenters. The van der Waals surface area contributed by atoms with Crippen LogP contribution < -0.4 is 0 Å². The maximum Gasteiger partial charge on any atom is 0.258 e. The maximum atomic E-state index is 13.5. The zero-order valence-electron chi connectivity index (χ0n) is 16.6. The molecule has 0 radical (unpaired) electrons. The van der Waals surface area contributed by atoms with Gasteiger partial charge in [-0.2, -0.15) is 5.10 Å². The third kappa shape index (κ3) is 4.36. The van der Waals surface area contributed by atoms with Gasteiger partial charge < -0.3 is 9.64 Å². The molecule has 29 heavy (non-hydrogen) atoms. The molecule has 2 atom stereocenters. The van der Waals surface area contributed by atoms with Crippen molar-refractivity contribution in [1.82, 2.24) is 14.7 Å². The van der Waals surface area contributed by atoms with E-state index in [-0.39, 0.29) is 18.1 Å². The van der Waals surface area contributed by atoms with E-state index in [0.717, 1.165) is 11.1 Å². The topological polar surface area (TPSA) is 47.4 Å². The highest BCUT2D eigenvalue weighted by molar-refractivity contribution is 6.30. The van der Waals surface area contributed by atoms with Gasteiger partial charge in [0.25, 0.3) is 5.91 Å². The molecule has 4 rings (SSSR count). The summed E-state index contributed by atoms with van der Waals surface area (Å²) in [5.41, 5.74) is 3.28. The molecule has 1 fully saturated rings. The zero-order valence-corrected chi connectivity index (χ0v) is 17.3. The van der Waals surface area contributed by atoms with Crippen LogP contribution in [0.15, 0.2) is 60.8 Å². The van der Waals surface area contributed by atoms with Crippen LogP contribution in [0.2, 0.25) is 5.02 Å². The Kier molecular flexibility index (Phi) is 5.69. The van der Waals surface area contributed by atoms with E-state index in [9.17, 15) is 4.79 Å². The summed E-state index contributed by atoms with van der Waals surface area (Å²) >= 11 is 6.06. The first-order valence-corrected chi connectivity index (χ1v) is 10.2. The van der Waals surface area contributed by atoms with E-state index in [2.05, 4.69) is 12.1 Å². The minimum absolute atomic E-state index is 0.0167. The van der Waals surface area contributed by atoms with Gasteiger partial charge in [-0.25, -0.2) is 0 Å². The monoisotopic (exact) mass is 409 g/mol. The van der Waals surface area contributed by atoms with Crippen molar-refractivity contribution in [2.24, 2.45) is 0 Å². The van der Waals surface area contributed by atoms with Crippen molar-refractivity contribution in [2.45, 2.75) is 32.5 Å². The molecule has 0 bridgehead atoms. The summed E-state index contributed by atoms with van der Waals surface area (Å²) in [5, 5.41) is 5.41. The number of aromatic nitrogens is 2. The lowest BCUT2D eigenvalue weighted by Gasteiger charge is -2.36. The molecule has 6 heteroatoms. The SMILES string of the molecule is CC1CN(C(=O)c2cn(Cc3ccccc3)nc2-c2ccc(Cl)cc2)C(C)CO1. The van der Waals surface area contributed by atoms with E-state index in [4.69, 9.17) is 21.4 Å². The summed E-state index contributed by atoms with van der Waals surface area (Å²) in [6.07, 6.45) is 1.88. The fourth-order valence-electron chi connectivity index (χ4n) is 3.59. The van der Waals surface area contributed by atoms with E-state index >= 15 is 0 Å². The fourth-order valence-corrected chi connectivity index (χ4v) is 3.72. The van der Waals surface area contributed by atoms with E-state index in [1.807, 2.05) is 72.1 Å². The van der Waals surface area contributed by atoms with Gasteiger partial charge in [-0.1, -0.05) is 54.1 Å². The van der Waals surface area contributed by atoms with Gasteiger partial charge in [0.1, 0.15) is 5.69 Å². The second-order valence-electron chi connectivity index (χ2n) is 7.53. The van der Waals surface area contributed by atoms with Crippen LogP contribution >= 0.6 is 11.6 Å². The Morgan fingerprint density at radius 1 is 1.14 bits per heavy atom. The number of morpholine rings is 1. The quantitative estimate of drug-likeness (QED) is 0.637. The Bertz CT molecular complexity index is 985. The molecule has 0 spiro atoms. The first kappa shape index (κ1) is 19.7. The molecule has 1 aliphatic heterocycles. The molecule has 0 N–H and O–H groups in total. The molecule has 3 aromatic rings. The van der Waals surface area contributed by atoms with Crippen LogP contribution in [0.1, 0.15) is 29.8 Å². The summed E-state index contributed by atoms with van der Waals surface area (Å²) in [6, 6.07) is 17.6. The highest BCUT2D eigenvalue weighted by Crippen LogP contribution is 2.27. The zero-order chi connectivity index (χ0) is 20.4. The van der Waals surface area contributed by atoms with E-state index in [1.165, 1.54) is 0 Å². The molecule has 150 valence electrons. The van der Waals surface area contributed by atoms with Crippen LogP contribution in [0.25, 0.3) is 11.3 Å². The average Bonchev–Trinajstić information content (AvgIpc) is 3.14. The fraction of sp³-hybridized carbons (Fsp3) is 0.304. The smallest absolute Gasteiger partial charge is 0.258 e. The number of amides is 1. The van der Waals surface area contributed by atoms with Crippen molar-refractivity contribution < 1.29 is 9.53 Å². The minimum atomic E-state index is -0.0167. The normalized spacial score (nSPS) is 19.3. The number of carbonyl (C=O) groups excluding carboxylic acids is 1. The van der Waals surface area contributed by atoms with Gasteiger partial charge >= 0.3 is 0 Å². The Hall–Kier alpha value is -2.63. The summed E-state index contributed by atoms with van der Waals surface area (Å²) in [6.45, 7) is 5.72. The molecule has 2 heterocycles. The number of rotatable bonds is 4. The highest BCUT2D eigenvalue weighted by Gasteiger charge is 2.31. The number of carbonyl (C=O) groups is 1. The Morgan fingerprint density at radius 3 is 2.59 bits per heavy atom. The summed E-state index contributed by atoms with van der Waals surface area (Å²) < 4.78 is 7.52. The first-order valence-electron chi connectivity index (χ1n) is 9.81. The molecule has 1 amide bonds. The molecule has 0 saturated carbocycles. The van der Waals surface area contributed by atoms with Gasteiger partial charge in [0, 0.05) is 23.3 Å². The van der Waals surface area contributed by atoms with E-state index < -0.39 is 0 Å². The molecule has 0 aliphatic carbocycles. The third-order valence-electron chi connectivity index (χ3n) is 5.17. The lowest BCUT2D eigenvalue weighted by molar-refractivity contribution is -0.0386. The number of ether oxygens (including phenoxy) is 1. The van der Waals surface area contributed by atoms with E-state index in [0.29, 0.717) is 36.0 Å². The van der Waals surface area contributed by atoms with Gasteiger partial charge in [-0.05, 0) is 31.5 Å². The van der Waals surface area contributed by atoms with Gasteiger partial charge in [0.2, 0.25) is 0 Å². The van der Waals surface area contributed by atoms with Gasteiger partial charge in [-0.3, -0.25) is 9.48 Å². The minimum Gasteiger partial charge on any atom is -0.375 e. The van der Waals surface area contributed by atoms with Crippen LogP contribution in [-0.2, 0) is 11.3 Å². The second kappa shape index (κ2) is 8.39. The molecular formula is C23H24ClN3O2. The van der Waals surface area contributed by atoms with Crippen LogP contribution in [0.4, 0.5) is 0 Å². The van der Waals surface area contributed by atoms with Crippen molar-refractivity contribution in [3.8, 4) is 11.3 Å². The average molecular weight is 410 g/mol. The molecule has 5 nitrogen and oxygen atoms in total. The summed E-state index contributed by atoms with van der Waals surface area (Å²) in [5.74, 6) is -0.0167. The van der Waals surface area contributed by atoms with Crippen molar-refractivity contribution in [1.29, 1.82) is 0 Å². The van der Waals surface area contributed by atoms with Gasteiger partial charge in [-0.15, -0.1) is 0 Å². The van der Waals surface area contributed by atoms with Crippen molar-refractivity contribution in [3.05, 3.63) is 76.9 Å². The molecule has 1 aromatic heterocycles. The first-order chi connectivity index (χ1) is 14.0. The lowest BCUT2D eigenvalue weighted by atomic mass is 10.1. The van der Waals surface area contributed by atoms with Crippen LogP contribution in [-0.4, -0.2) is 45.9 Å². The van der Waals surface area contributed by atoms with Gasteiger partial charge in [0.05, 0.1) is 30.9 Å². The van der Waals surface area contributed by atoms with Crippen LogP contribution in [0.3, 0.4) is 0 Å². The van der Waals surface area contributed by atoms with Crippen molar-refractivity contribution in [2.75, 3.05) is 13.2 Å². The molecule has 2 aromatic carbocycles.